The van der Waals surface area contributed by atoms with Crippen LogP contribution in [0.5, 0.6) is 5.75 Å². The summed E-state index contributed by atoms with van der Waals surface area (Å²) >= 11 is 0. The predicted molar refractivity (Wildman–Crippen MR) is 85.3 cm³/mol. The quantitative estimate of drug-likeness (QED) is 0.789. The molecule has 5 nitrogen and oxygen atoms in total. The molecule has 1 aromatic carbocycles. The fourth-order valence-corrected chi connectivity index (χ4v) is 2.29. The third kappa shape index (κ3) is 5.02. The molecule has 0 aromatic heterocycles. The Morgan fingerprint density at radius 2 is 2.10 bits per heavy atom. The second-order valence-corrected chi connectivity index (χ2v) is 5.29. The molecule has 0 bridgehead atoms. The highest BCUT2D eigenvalue weighted by Gasteiger charge is 2.22. The Kier molecular flexibility index (Phi) is 7.19. The fourth-order valence-electron chi connectivity index (χ4n) is 2.29. The summed E-state index contributed by atoms with van der Waals surface area (Å²) in [6.07, 6.45) is 0.973. The SMILES string of the molecule is CCCN(CC(=O)N(C)C)C(CN)c1cccc(OC)c1. The van der Waals surface area contributed by atoms with Crippen molar-refractivity contribution in [2.24, 2.45) is 5.73 Å². The molecular weight excluding hydrogens is 266 g/mol. The van der Waals surface area contributed by atoms with E-state index in [1.165, 1.54) is 0 Å². The number of hydrogen-bond acceptors (Lipinski definition) is 4. The van der Waals surface area contributed by atoms with Crippen LogP contribution in [-0.4, -0.2) is 56.5 Å². The average Bonchev–Trinajstić information content (AvgIpc) is 2.48. The van der Waals surface area contributed by atoms with Gasteiger partial charge in [0, 0.05) is 26.7 Å². The van der Waals surface area contributed by atoms with Crippen molar-refractivity contribution in [1.82, 2.24) is 9.80 Å². The van der Waals surface area contributed by atoms with Gasteiger partial charge in [0.05, 0.1) is 13.7 Å². The summed E-state index contributed by atoms with van der Waals surface area (Å²) in [4.78, 5) is 15.8. The standard InChI is InChI=1S/C16H27N3O2/c1-5-9-19(12-16(20)18(2)3)15(11-17)13-7-6-8-14(10-13)21-4/h6-8,10,15H,5,9,11-12,17H2,1-4H3. The van der Waals surface area contributed by atoms with Gasteiger partial charge in [0.15, 0.2) is 0 Å². The molecule has 0 heterocycles. The zero-order valence-corrected chi connectivity index (χ0v) is 13.5. The van der Waals surface area contributed by atoms with Crippen molar-refractivity contribution in [3.05, 3.63) is 29.8 Å². The molecule has 0 saturated carbocycles. The molecule has 5 heteroatoms. The van der Waals surface area contributed by atoms with Crippen LogP contribution in [-0.2, 0) is 4.79 Å². The minimum Gasteiger partial charge on any atom is -0.497 e. The maximum Gasteiger partial charge on any atom is 0.236 e. The van der Waals surface area contributed by atoms with Gasteiger partial charge in [-0.25, -0.2) is 0 Å². The first kappa shape index (κ1) is 17.5. The number of carbonyl (C=O) groups is 1. The van der Waals surface area contributed by atoms with Gasteiger partial charge >= 0.3 is 0 Å². The molecule has 1 unspecified atom stereocenters. The number of methoxy groups -OCH3 is 1. The van der Waals surface area contributed by atoms with Crippen LogP contribution in [0.3, 0.4) is 0 Å². The molecule has 0 radical (unpaired) electrons. The Bertz CT molecular complexity index is 449. The summed E-state index contributed by atoms with van der Waals surface area (Å²) in [6.45, 7) is 3.78. The van der Waals surface area contributed by atoms with Crippen LogP contribution < -0.4 is 10.5 Å². The van der Waals surface area contributed by atoms with Gasteiger partial charge in [-0.2, -0.15) is 0 Å². The van der Waals surface area contributed by atoms with Crippen LogP contribution in [0.1, 0.15) is 24.9 Å². The Labute approximate surface area is 127 Å². The number of nitrogens with zero attached hydrogens (tertiary/aromatic N) is 2. The first-order valence-corrected chi connectivity index (χ1v) is 7.31. The second-order valence-electron chi connectivity index (χ2n) is 5.29. The molecule has 0 aliphatic carbocycles. The maximum atomic E-state index is 12.0. The summed E-state index contributed by atoms with van der Waals surface area (Å²) in [5.41, 5.74) is 7.05. The van der Waals surface area contributed by atoms with Crippen molar-refractivity contribution in [2.45, 2.75) is 19.4 Å². The molecule has 2 N–H and O–H groups in total. The number of benzene rings is 1. The lowest BCUT2D eigenvalue weighted by Crippen LogP contribution is -2.41. The van der Waals surface area contributed by atoms with Crippen LogP contribution in [0.2, 0.25) is 0 Å². The smallest absolute Gasteiger partial charge is 0.236 e. The Balaban J connectivity index is 2.97. The summed E-state index contributed by atoms with van der Waals surface area (Å²) < 4.78 is 5.27. The maximum absolute atomic E-state index is 12.0. The predicted octanol–water partition coefficient (Wildman–Crippen LogP) is 1.50. The minimum atomic E-state index is 0.0175. The third-order valence-electron chi connectivity index (χ3n) is 3.49. The monoisotopic (exact) mass is 293 g/mol. The molecule has 1 atom stereocenters. The van der Waals surface area contributed by atoms with E-state index in [0.717, 1.165) is 24.3 Å². The number of likely N-dealkylation sites (N-methyl/N-ethyl adjacent to an activating group) is 1. The molecular formula is C16H27N3O2. The Morgan fingerprint density at radius 3 is 2.62 bits per heavy atom. The van der Waals surface area contributed by atoms with E-state index < -0.39 is 0 Å². The minimum absolute atomic E-state index is 0.0175. The highest BCUT2D eigenvalue weighted by molar-refractivity contribution is 5.77. The lowest BCUT2D eigenvalue weighted by Gasteiger charge is -2.31. The lowest BCUT2D eigenvalue weighted by atomic mass is 10.0. The van der Waals surface area contributed by atoms with Gasteiger partial charge in [0.25, 0.3) is 0 Å². The summed E-state index contributed by atoms with van der Waals surface area (Å²) in [6, 6.07) is 7.90. The van der Waals surface area contributed by atoms with Crippen LogP contribution in [0, 0.1) is 0 Å². The van der Waals surface area contributed by atoms with E-state index >= 15 is 0 Å². The van der Waals surface area contributed by atoms with Crippen molar-refractivity contribution < 1.29 is 9.53 Å². The van der Waals surface area contributed by atoms with Crippen molar-refractivity contribution in [3.63, 3.8) is 0 Å². The zero-order chi connectivity index (χ0) is 15.8. The van der Waals surface area contributed by atoms with E-state index in [9.17, 15) is 4.79 Å². The molecule has 0 fully saturated rings. The molecule has 1 amide bonds. The van der Waals surface area contributed by atoms with Gasteiger partial charge in [-0.1, -0.05) is 19.1 Å². The number of ether oxygens (including phenoxy) is 1. The molecule has 1 aromatic rings. The summed E-state index contributed by atoms with van der Waals surface area (Å²) in [7, 11) is 5.20. The number of hydrogen-bond donors (Lipinski definition) is 1. The Morgan fingerprint density at radius 1 is 1.38 bits per heavy atom. The van der Waals surface area contributed by atoms with Gasteiger partial charge in [-0.3, -0.25) is 9.69 Å². The van der Waals surface area contributed by atoms with Gasteiger partial charge < -0.3 is 15.4 Å². The molecule has 21 heavy (non-hydrogen) atoms. The van der Waals surface area contributed by atoms with Crippen molar-refractivity contribution >= 4 is 5.91 Å². The molecule has 0 saturated heterocycles. The lowest BCUT2D eigenvalue weighted by molar-refractivity contribution is -0.130. The van der Waals surface area contributed by atoms with E-state index in [4.69, 9.17) is 10.5 Å². The van der Waals surface area contributed by atoms with Gasteiger partial charge in [-0.15, -0.1) is 0 Å². The largest absolute Gasteiger partial charge is 0.497 e. The highest BCUT2D eigenvalue weighted by Crippen LogP contribution is 2.23. The van der Waals surface area contributed by atoms with Crippen molar-refractivity contribution in [3.8, 4) is 5.75 Å². The van der Waals surface area contributed by atoms with E-state index in [-0.39, 0.29) is 11.9 Å². The van der Waals surface area contributed by atoms with Crippen molar-refractivity contribution in [1.29, 1.82) is 0 Å². The third-order valence-corrected chi connectivity index (χ3v) is 3.49. The van der Waals surface area contributed by atoms with Crippen LogP contribution >= 0.6 is 0 Å². The van der Waals surface area contributed by atoms with E-state index in [2.05, 4.69) is 11.8 Å². The number of nitrogens with two attached hydrogens (primary N) is 1. The van der Waals surface area contributed by atoms with E-state index in [1.807, 2.05) is 24.3 Å². The topological polar surface area (TPSA) is 58.8 Å². The number of carbonyl (C=O) groups excluding carboxylic acids is 1. The first-order valence-electron chi connectivity index (χ1n) is 7.31. The Hall–Kier alpha value is -1.59. The molecule has 1 rings (SSSR count). The van der Waals surface area contributed by atoms with Gasteiger partial charge in [0.2, 0.25) is 5.91 Å². The normalized spacial score (nSPS) is 12.3. The highest BCUT2D eigenvalue weighted by atomic mass is 16.5. The molecule has 118 valence electrons. The fraction of sp³-hybridized carbons (Fsp3) is 0.562. The second kappa shape index (κ2) is 8.64. The summed E-state index contributed by atoms with van der Waals surface area (Å²) in [5.74, 6) is 0.895. The molecule has 0 spiro atoms. The number of amides is 1. The van der Waals surface area contributed by atoms with E-state index in [0.29, 0.717) is 13.1 Å². The summed E-state index contributed by atoms with van der Waals surface area (Å²) in [5, 5.41) is 0. The zero-order valence-electron chi connectivity index (χ0n) is 13.5. The number of rotatable bonds is 8. The van der Waals surface area contributed by atoms with Gasteiger partial charge in [0.1, 0.15) is 5.75 Å². The van der Waals surface area contributed by atoms with Crippen LogP contribution in [0.25, 0.3) is 0 Å². The van der Waals surface area contributed by atoms with Gasteiger partial charge in [-0.05, 0) is 30.7 Å². The van der Waals surface area contributed by atoms with Crippen molar-refractivity contribution in [2.75, 3.05) is 40.8 Å². The van der Waals surface area contributed by atoms with Crippen LogP contribution in [0.15, 0.2) is 24.3 Å². The van der Waals surface area contributed by atoms with E-state index in [1.54, 1.807) is 26.1 Å². The first-order chi connectivity index (χ1) is 10.0. The molecule has 0 aliphatic rings. The van der Waals surface area contributed by atoms with Crippen LogP contribution in [0.4, 0.5) is 0 Å². The molecule has 0 aliphatic heterocycles. The average molecular weight is 293 g/mol.